The maximum Gasteiger partial charge on any atom is 0.254 e. The molecule has 2 N–H and O–H groups in total. The van der Waals surface area contributed by atoms with E-state index in [4.69, 9.17) is 10.5 Å². The molecule has 2 aromatic heterocycles. The summed E-state index contributed by atoms with van der Waals surface area (Å²) in [4.78, 5) is 11.6. The zero-order valence-corrected chi connectivity index (χ0v) is 10.8. The lowest BCUT2D eigenvalue weighted by atomic mass is 10.2. The van der Waals surface area contributed by atoms with Crippen LogP contribution in [0.1, 0.15) is 15.9 Å². The van der Waals surface area contributed by atoms with E-state index in [1.54, 1.807) is 6.20 Å². The van der Waals surface area contributed by atoms with Gasteiger partial charge in [-0.1, -0.05) is 36.4 Å². The molecule has 100 valence electrons. The van der Waals surface area contributed by atoms with Gasteiger partial charge in [0.05, 0.1) is 11.7 Å². The van der Waals surface area contributed by atoms with Gasteiger partial charge in [0, 0.05) is 6.20 Å². The molecule has 4 nitrogen and oxygen atoms in total. The third-order valence-corrected chi connectivity index (χ3v) is 3.13. The SMILES string of the molecule is NC(=O)c1c(OCc2ccccc2)cn2ccccc12. The predicted octanol–water partition coefficient (Wildman–Crippen LogP) is 2.62. The van der Waals surface area contributed by atoms with E-state index in [1.807, 2.05) is 59.1 Å². The molecule has 1 aromatic carbocycles. The minimum absolute atomic E-state index is 0.401. The molecule has 0 bridgehead atoms. The van der Waals surface area contributed by atoms with Crippen LogP contribution in [-0.4, -0.2) is 10.3 Å². The van der Waals surface area contributed by atoms with E-state index >= 15 is 0 Å². The first-order valence-electron chi connectivity index (χ1n) is 6.32. The van der Waals surface area contributed by atoms with Gasteiger partial charge in [0.1, 0.15) is 12.2 Å². The third kappa shape index (κ3) is 2.23. The first-order chi connectivity index (χ1) is 9.75. The fourth-order valence-electron chi connectivity index (χ4n) is 2.19. The fraction of sp³-hybridized carbons (Fsp3) is 0.0625. The Morgan fingerprint density at radius 3 is 2.60 bits per heavy atom. The van der Waals surface area contributed by atoms with Crippen molar-refractivity contribution in [2.75, 3.05) is 0 Å². The number of nitrogens with zero attached hydrogens (tertiary/aromatic N) is 1. The number of ether oxygens (including phenoxy) is 1. The summed E-state index contributed by atoms with van der Waals surface area (Å²) in [6, 6.07) is 15.4. The Bertz CT molecular complexity index is 748. The van der Waals surface area contributed by atoms with E-state index in [0.717, 1.165) is 11.1 Å². The van der Waals surface area contributed by atoms with Crippen LogP contribution in [0.2, 0.25) is 0 Å². The summed E-state index contributed by atoms with van der Waals surface area (Å²) in [6.07, 6.45) is 3.63. The first-order valence-corrected chi connectivity index (χ1v) is 6.32. The molecular formula is C16H14N2O2. The van der Waals surface area contributed by atoms with Crippen LogP contribution in [0.3, 0.4) is 0 Å². The Morgan fingerprint density at radius 2 is 1.85 bits per heavy atom. The summed E-state index contributed by atoms with van der Waals surface area (Å²) in [5.74, 6) is 0.0225. The zero-order valence-electron chi connectivity index (χ0n) is 10.8. The van der Waals surface area contributed by atoms with Gasteiger partial charge in [-0.25, -0.2) is 0 Å². The number of carbonyl (C=O) groups excluding carboxylic acids is 1. The average Bonchev–Trinajstić information content (AvgIpc) is 2.84. The summed E-state index contributed by atoms with van der Waals surface area (Å²) in [7, 11) is 0. The zero-order chi connectivity index (χ0) is 13.9. The Morgan fingerprint density at radius 1 is 1.10 bits per heavy atom. The molecule has 0 saturated carbocycles. The van der Waals surface area contributed by atoms with E-state index < -0.39 is 5.91 Å². The molecule has 20 heavy (non-hydrogen) atoms. The summed E-state index contributed by atoms with van der Waals surface area (Å²) >= 11 is 0. The molecule has 4 heteroatoms. The largest absolute Gasteiger partial charge is 0.486 e. The van der Waals surface area contributed by atoms with E-state index in [9.17, 15) is 4.79 Å². The quantitative estimate of drug-likeness (QED) is 0.789. The van der Waals surface area contributed by atoms with Crippen LogP contribution in [0.15, 0.2) is 60.9 Å². The molecule has 0 fully saturated rings. The van der Waals surface area contributed by atoms with Gasteiger partial charge in [0.15, 0.2) is 5.75 Å². The highest BCUT2D eigenvalue weighted by Gasteiger charge is 2.16. The van der Waals surface area contributed by atoms with Gasteiger partial charge in [-0.15, -0.1) is 0 Å². The van der Waals surface area contributed by atoms with E-state index in [2.05, 4.69) is 0 Å². The van der Waals surface area contributed by atoms with Crippen LogP contribution in [0.25, 0.3) is 5.52 Å². The topological polar surface area (TPSA) is 56.7 Å². The highest BCUT2D eigenvalue weighted by molar-refractivity contribution is 6.03. The maximum absolute atomic E-state index is 11.6. The number of pyridine rings is 1. The van der Waals surface area contributed by atoms with E-state index in [0.29, 0.717) is 17.9 Å². The summed E-state index contributed by atoms with van der Waals surface area (Å²) in [6.45, 7) is 0.401. The predicted molar refractivity (Wildman–Crippen MR) is 76.7 cm³/mol. The van der Waals surface area contributed by atoms with Gasteiger partial charge in [-0.05, 0) is 17.7 Å². The first kappa shape index (κ1) is 12.3. The number of amides is 1. The molecule has 0 unspecified atom stereocenters. The Balaban J connectivity index is 1.95. The summed E-state index contributed by atoms with van der Waals surface area (Å²) in [5.41, 5.74) is 7.67. The van der Waals surface area contributed by atoms with Crippen molar-refractivity contribution in [3.63, 3.8) is 0 Å². The second-order valence-electron chi connectivity index (χ2n) is 4.50. The number of hydrogen-bond acceptors (Lipinski definition) is 2. The molecule has 0 aliphatic rings. The van der Waals surface area contributed by atoms with Crippen LogP contribution in [-0.2, 0) is 6.61 Å². The van der Waals surface area contributed by atoms with E-state index in [-0.39, 0.29) is 0 Å². The Hall–Kier alpha value is -2.75. The van der Waals surface area contributed by atoms with Crippen molar-refractivity contribution in [1.29, 1.82) is 0 Å². The molecule has 0 radical (unpaired) electrons. The van der Waals surface area contributed by atoms with E-state index in [1.165, 1.54) is 0 Å². The normalized spacial score (nSPS) is 10.6. The number of hydrogen-bond donors (Lipinski definition) is 1. The standard InChI is InChI=1S/C16H14N2O2/c17-16(19)15-13-8-4-5-9-18(13)10-14(15)20-11-12-6-2-1-3-7-12/h1-10H,11H2,(H2,17,19). The molecule has 3 rings (SSSR count). The van der Waals surface area contributed by atoms with Crippen molar-refractivity contribution in [2.24, 2.45) is 5.73 Å². The van der Waals surface area contributed by atoms with Gasteiger partial charge >= 0.3 is 0 Å². The summed E-state index contributed by atoms with van der Waals surface area (Å²) in [5, 5.41) is 0. The molecule has 0 atom stereocenters. The lowest BCUT2D eigenvalue weighted by Crippen LogP contribution is -2.12. The number of rotatable bonds is 4. The highest BCUT2D eigenvalue weighted by Crippen LogP contribution is 2.26. The van der Waals surface area contributed by atoms with Crippen molar-refractivity contribution in [3.05, 3.63) is 72.1 Å². The molecule has 3 aromatic rings. The number of fused-ring (bicyclic) bond motifs is 1. The van der Waals surface area contributed by atoms with Gasteiger partial charge < -0.3 is 14.9 Å². The van der Waals surface area contributed by atoms with Gasteiger partial charge in [0.2, 0.25) is 0 Å². The smallest absolute Gasteiger partial charge is 0.254 e. The lowest BCUT2D eigenvalue weighted by molar-refractivity contribution is 0.0998. The minimum atomic E-state index is -0.484. The molecule has 0 saturated heterocycles. The monoisotopic (exact) mass is 266 g/mol. The molecule has 0 aliphatic carbocycles. The van der Waals surface area contributed by atoms with Gasteiger partial charge in [0.25, 0.3) is 5.91 Å². The number of benzene rings is 1. The fourth-order valence-corrected chi connectivity index (χ4v) is 2.19. The average molecular weight is 266 g/mol. The lowest BCUT2D eigenvalue weighted by Gasteiger charge is -2.05. The highest BCUT2D eigenvalue weighted by atomic mass is 16.5. The van der Waals surface area contributed by atoms with Crippen LogP contribution >= 0.6 is 0 Å². The molecule has 0 aliphatic heterocycles. The van der Waals surface area contributed by atoms with Crippen LogP contribution in [0, 0.1) is 0 Å². The number of aromatic nitrogens is 1. The minimum Gasteiger partial charge on any atom is -0.486 e. The van der Waals surface area contributed by atoms with Crippen LogP contribution in [0.4, 0.5) is 0 Å². The van der Waals surface area contributed by atoms with Crippen molar-refractivity contribution in [3.8, 4) is 5.75 Å². The Kier molecular flexibility index (Phi) is 3.13. The Labute approximate surface area is 116 Å². The van der Waals surface area contributed by atoms with Crippen molar-refractivity contribution in [2.45, 2.75) is 6.61 Å². The van der Waals surface area contributed by atoms with Gasteiger partial charge in [-0.3, -0.25) is 4.79 Å². The van der Waals surface area contributed by atoms with Crippen LogP contribution < -0.4 is 10.5 Å². The molecular weight excluding hydrogens is 252 g/mol. The second kappa shape index (κ2) is 5.09. The van der Waals surface area contributed by atoms with Crippen molar-refractivity contribution < 1.29 is 9.53 Å². The molecule has 1 amide bonds. The number of nitrogens with two attached hydrogens (primary N) is 1. The van der Waals surface area contributed by atoms with Crippen molar-refractivity contribution in [1.82, 2.24) is 4.40 Å². The molecule has 0 spiro atoms. The number of primary amides is 1. The third-order valence-electron chi connectivity index (χ3n) is 3.13. The maximum atomic E-state index is 11.6. The number of carbonyl (C=O) groups is 1. The summed E-state index contributed by atoms with van der Waals surface area (Å²) < 4.78 is 7.58. The molecule has 2 heterocycles. The van der Waals surface area contributed by atoms with Crippen LogP contribution in [0.5, 0.6) is 5.75 Å². The van der Waals surface area contributed by atoms with Crippen molar-refractivity contribution >= 4 is 11.4 Å². The van der Waals surface area contributed by atoms with Gasteiger partial charge in [-0.2, -0.15) is 0 Å². The second-order valence-corrected chi connectivity index (χ2v) is 4.50.